The highest BCUT2D eigenvalue weighted by Gasteiger charge is 2.23. The molecule has 1 aromatic carbocycles. The Hall–Kier alpha value is -2.71. The largest absolute Gasteiger partial charge is 0.465 e. The Morgan fingerprint density at radius 3 is 2.59 bits per heavy atom. The van der Waals surface area contributed by atoms with Gasteiger partial charge in [-0.25, -0.2) is 9.78 Å². The molecule has 0 aliphatic rings. The summed E-state index contributed by atoms with van der Waals surface area (Å²) in [5.74, 6) is -0.892. The summed E-state index contributed by atoms with van der Waals surface area (Å²) in [7, 11) is 1.28. The first-order valence-corrected chi connectivity index (χ1v) is 9.18. The van der Waals surface area contributed by atoms with Crippen LogP contribution >= 0.6 is 22.9 Å². The summed E-state index contributed by atoms with van der Waals surface area (Å²) < 4.78 is 5.98. The van der Waals surface area contributed by atoms with E-state index in [1.165, 1.54) is 18.0 Å². The molecule has 7 nitrogen and oxygen atoms in total. The van der Waals surface area contributed by atoms with Crippen LogP contribution in [0, 0.1) is 6.92 Å². The predicted molar refractivity (Wildman–Crippen MR) is 105 cm³/mol. The van der Waals surface area contributed by atoms with Crippen LogP contribution in [-0.2, 0) is 9.53 Å². The second-order valence-corrected chi connectivity index (χ2v) is 7.29. The van der Waals surface area contributed by atoms with Crippen molar-refractivity contribution in [3.63, 3.8) is 0 Å². The number of hydrogen-bond acceptors (Lipinski definition) is 6. The van der Waals surface area contributed by atoms with E-state index in [0.717, 1.165) is 11.3 Å². The molecule has 0 bridgehead atoms. The highest BCUT2D eigenvalue weighted by molar-refractivity contribution is 7.20. The standard InChI is InChI=1S/C18H16ClN3O4S/c1-9-13-16(27-14(9)18(25)26-3)20-8-22(17(13)24)10(2)15(23)21-12-6-4-11(19)5-7-12/h4-8,10H,1-3H3,(H,21,23)/t10-/m0/s1. The molecule has 27 heavy (non-hydrogen) atoms. The molecule has 9 heteroatoms. The number of rotatable bonds is 4. The predicted octanol–water partition coefficient (Wildman–Crippen LogP) is 3.41. The normalized spacial score (nSPS) is 12.0. The third-order valence-corrected chi connectivity index (χ3v) is 5.59. The number of nitrogens with one attached hydrogen (secondary N) is 1. The molecule has 1 N–H and O–H groups in total. The van der Waals surface area contributed by atoms with Crippen LogP contribution in [-0.4, -0.2) is 28.5 Å². The second-order valence-electron chi connectivity index (χ2n) is 5.86. The number of methoxy groups -OCH3 is 1. The topological polar surface area (TPSA) is 90.3 Å². The number of anilines is 1. The number of benzene rings is 1. The third kappa shape index (κ3) is 3.58. The molecule has 1 amide bonds. The third-order valence-electron chi connectivity index (χ3n) is 4.16. The highest BCUT2D eigenvalue weighted by Crippen LogP contribution is 2.27. The number of aromatic nitrogens is 2. The molecule has 2 heterocycles. The smallest absolute Gasteiger partial charge is 0.348 e. The van der Waals surface area contributed by atoms with Crippen molar-refractivity contribution in [1.29, 1.82) is 0 Å². The van der Waals surface area contributed by atoms with Gasteiger partial charge in [0.05, 0.1) is 18.8 Å². The molecule has 0 saturated heterocycles. The maximum absolute atomic E-state index is 12.9. The van der Waals surface area contributed by atoms with Gasteiger partial charge in [0.15, 0.2) is 0 Å². The van der Waals surface area contributed by atoms with Crippen LogP contribution in [0.3, 0.4) is 0 Å². The van der Waals surface area contributed by atoms with Crippen molar-refractivity contribution >= 4 is 50.7 Å². The van der Waals surface area contributed by atoms with Gasteiger partial charge in [0, 0.05) is 10.7 Å². The van der Waals surface area contributed by atoms with Crippen molar-refractivity contribution in [3.05, 3.63) is 56.4 Å². The maximum Gasteiger partial charge on any atom is 0.348 e. The van der Waals surface area contributed by atoms with Gasteiger partial charge in [0.1, 0.15) is 15.7 Å². The van der Waals surface area contributed by atoms with Crippen molar-refractivity contribution in [1.82, 2.24) is 9.55 Å². The SMILES string of the molecule is COC(=O)c1sc2ncn([C@@H](C)C(=O)Nc3ccc(Cl)cc3)c(=O)c2c1C. The van der Waals surface area contributed by atoms with Crippen molar-refractivity contribution in [2.75, 3.05) is 12.4 Å². The summed E-state index contributed by atoms with van der Waals surface area (Å²) in [6.45, 7) is 3.26. The second kappa shape index (κ2) is 7.50. The summed E-state index contributed by atoms with van der Waals surface area (Å²) in [6, 6.07) is 5.85. The van der Waals surface area contributed by atoms with Crippen LogP contribution in [0.1, 0.15) is 28.2 Å². The Morgan fingerprint density at radius 2 is 1.96 bits per heavy atom. The zero-order valence-electron chi connectivity index (χ0n) is 14.8. The molecule has 0 aliphatic heterocycles. The van der Waals surface area contributed by atoms with Crippen molar-refractivity contribution < 1.29 is 14.3 Å². The average molecular weight is 406 g/mol. The summed E-state index contributed by atoms with van der Waals surface area (Å²) in [5.41, 5.74) is 0.680. The molecule has 3 rings (SSSR count). The van der Waals surface area contributed by atoms with Gasteiger partial charge in [0.2, 0.25) is 5.91 Å². The average Bonchev–Trinajstić information content (AvgIpc) is 3.00. The number of amides is 1. The minimum absolute atomic E-state index is 0.314. The summed E-state index contributed by atoms with van der Waals surface area (Å²) in [5, 5.41) is 3.60. The lowest BCUT2D eigenvalue weighted by atomic mass is 10.2. The first-order valence-electron chi connectivity index (χ1n) is 7.98. The molecule has 0 radical (unpaired) electrons. The van der Waals surface area contributed by atoms with Gasteiger partial charge >= 0.3 is 5.97 Å². The van der Waals surface area contributed by atoms with E-state index in [1.807, 2.05) is 0 Å². The molecule has 0 spiro atoms. The number of esters is 1. The van der Waals surface area contributed by atoms with E-state index in [-0.39, 0.29) is 11.5 Å². The lowest BCUT2D eigenvalue weighted by Gasteiger charge is -2.15. The zero-order chi connectivity index (χ0) is 19.7. The zero-order valence-corrected chi connectivity index (χ0v) is 16.4. The number of thiophene rings is 1. The Kier molecular flexibility index (Phi) is 5.29. The lowest BCUT2D eigenvalue weighted by molar-refractivity contribution is -0.118. The van der Waals surface area contributed by atoms with Gasteiger partial charge in [-0.2, -0.15) is 0 Å². The summed E-state index contributed by atoms with van der Waals surface area (Å²) in [6.07, 6.45) is 1.31. The van der Waals surface area contributed by atoms with Crippen LogP contribution in [0.25, 0.3) is 10.2 Å². The van der Waals surface area contributed by atoms with Crippen LogP contribution < -0.4 is 10.9 Å². The number of fused-ring (bicyclic) bond motifs is 1. The van der Waals surface area contributed by atoms with Crippen molar-refractivity contribution in [2.24, 2.45) is 0 Å². The number of hydrogen-bond donors (Lipinski definition) is 1. The molecule has 0 aliphatic carbocycles. The number of halogens is 1. The number of carbonyl (C=O) groups excluding carboxylic acids is 2. The molecule has 140 valence electrons. The number of aryl methyl sites for hydroxylation is 1. The minimum atomic E-state index is -0.800. The molecule has 2 aromatic heterocycles. The van der Waals surface area contributed by atoms with Crippen molar-refractivity contribution in [3.8, 4) is 0 Å². The van der Waals surface area contributed by atoms with Gasteiger partial charge < -0.3 is 10.1 Å². The van der Waals surface area contributed by atoms with Gasteiger partial charge in [-0.1, -0.05) is 11.6 Å². The molecular formula is C18H16ClN3O4S. The molecule has 0 fully saturated rings. The van der Waals surface area contributed by atoms with Crippen LogP contribution in [0.2, 0.25) is 5.02 Å². The number of carbonyl (C=O) groups is 2. The Bertz CT molecular complexity index is 1090. The molecule has 0 saturated carbocycles. The van der Waals surface area contributed by atoms with Crippen LogP contribution in [0.5, 0.6) is 0 Å². The van der Waals surface area contributed by atoms with Crippen molar-refractivity contribution in [2.45, 2.75) is 19.9 Å². The number of nitrogens with zero attached hydrogens (tertiary/aromatic N) is 2. The molecule has 0 unspecified atom stereocenters. The molecule has 1 atom stereocenters. The monoisotopic (exact) mass is 405 g/mol. The Balaban J connectivity index is 1.96. The maximum atomic E-state index is 12.9. The first-order chi connectivity index (χ1) is 12.8. The fraction of sp³-hybridized carbons (Fsp3) is 0.222. The van der Waals surface area contributed by atoms with E-state index in [9.17, 15) is 14.4 Å². The van der Waals surface area contributed by atoms with Gasteiger partial charge in [0.25, 0.3) is 5.56 Å². The Labute approximate surface area is 163 Å². The van der Waals surface area contributed by atoms with E-state index >= 15 is 0 Å². The van der Waals surface area contributed by atoms with E-state index in [2.05, 4.69) is 10.3 Å². The molecule has 3 aromatic rings. The van der Waals surface area contributed by atoms with Crippen LogP contribution in [0.15, 0.2) is 35.4 Å². The fourth-order valence-electron chi connectivity index (χ4n) is 2.61. The minimum Gasteiger partial charge on any atom is -0.465 e. The van der Waals surface area contributed by atoms with E-state index < -0.39 is 12.0 Å². The molecular weight excluding hydrogens is 390 g/mol. The number of ether oxygens (including phenoxy) is 1. The summed E-state index contributed by atoms with van der Waals surface area (Å²) in [4.78, 5) is 42.3. The summed E-state index contributed by atoms with van der Waals surface area (Å²) >= 11 is 6.93. The highest BCUT2D eigenvalue weighted by atomic mass is 35.5. The fourth-order valence-corrected chi connectivity index (χ4v) is 3.79. The van der Waals surface area contributed by atoms with E-state index in [1.54, 1.807) is 38.1 Å². The van der Waals surface area contributed by atoms with Gasteiger partial charge in [-0.15, -0.1) is 11.3 Å². The van der Waals surface area contributed by atoms with Gasteiger partial charge in [-0.05, 0) is 43.7 Å². The van der Waals surface area contributed by atoms with Gasteiger partial charge in [-0.3, -0.25) is 14.2 Å². The van der Waals surface area contributed by atoms with E-state index in [4.69, 9.17) is 16.3 Å². The quantitative estimate of drug-likeness (QED) is 0.672. The van der Waals surface area contributed by atoms with E-state index in [0.29, 0.717) is 31.4 Å². The lowest BCUT2D eigenvalue weighted by Crippen LogP contribution is -2.31. The Morgan fingerprint density at radius 1 is 1.30 bits per heavy atom. The first kappa shape index (κ1) is 19.1. The van der Waals surface area contributed by atoms with Crippen LogP contribution in [0.4, 0.5) is 5.69 Å².